The van der Waals surface area contributed by atoms with Crippen molar-refractivity contribution in [1.29, 1.82) is 0 Å². The number of hydrogen-bond donors (Lipinski definition) is 1. The SMILES string of the molecule is COC(=O)C1CC(Oc2ccccc2F)CN1C(=O)c1cccc(NS(=O)(=O)c2ccccc2F)c1. The second kappa shape index (κ2) is 10.3. The number of nitrogens with one attached hydrogen (secondary N) is 1. The van der Waals surface area contributed by atoms with Crippen LogP contribution in [0.3, 0.4) is 0 Å². The number of amides is 1. The van der Waals surface area contributed by atoms with Gasteiger partial charge in [0.25, 0.3) is 15.9 Å². The van der Waals surface area contributed by atoms with Crippen LogP contribution >= 0.6 is 0 Å². The van der Waals surface area contributed by atoms with E-state index in [-0.39, 0.29) is 30.0 Å². The molecule has 8 nitrogen and oxygen atoms in total. The van der Waals surface area contributed by atoms with Crippen LogP contribution in [0.25, 0.3) is 0 Å². The Morgan fingerprint density at radius 1 is 0.972 bits per heavy atom. The zero-order valence-corrected chi connectivity index (χ0v) is 19.9. The molecule has 0 aliphatic carbocycles. The van der Waals surface area contributed by atoms with Crippen LogP contribution in [0.15, 0.2) is 77.7 Å². The lowest BCUT2D eigenvalue weighted by Crippen LogP contribution is -2.41. The number of para-hydroxylation sites is 1. The molecule has 1 fully saturated rings. The molecule has 1 saturated heterocycles. The molecule has 1 amide bonds. The number of sulfonamides is 1. The van der Waals surface area contributed by atoms with E-state index in [1.165, 1.54) is 66.6 Å². The van der Waals surface area contributed by atoms with Crippen molar-refractivity contribution in [1.82, 2.24) is 4.90 Å². The quantitative estimate of drug-likeness (QED) is 0.482. The first kappa shape index (κ1) is 25.1. The number of benzene rings is 3. The molecule has 0 bridgehead atoms. The summed E-state index contributed by atoms with van der Waals surface area (Å²) in [5.41, 5.74) is 0.0984. The molecule has 11 heteroatoms. The van der Waals surface area contributed by atoms with Gasteiger partial charge in [-0.15, -0.1) is 0 Å². The van der Waals surface area contributed by atoms with Crippen molar-refractivity contribution in [2.75, 3.05) is 18.4 Å². The Bertz CT molecular complexity index is 1400. The van der Waals surface area contributed by atoms with Crippen LogP contribution < -0.4 is 9.46 Å². The van der Waals surface area contributed by atoms with Crippen molar-refractivity contribution < 1.29 is 36.3 Å². The predicted molar refractivity (Wildman–Crippen MR) is 126 cm³/mol. The van der Waals surface area contributed by atoms with E-state index >= 15 is 0 Å². The van der Waals surface area contributed by atoms with Crippen molar-refractivity contribution in [2.45, 2.75) is 23.5 Å². The molecule has 3 aromatic rings. The summed E-state index contributed by atoms with van der Waals surface area (Å²) in [6, 6.07) is 15.3. The molecule has 1 N–H and O–H groups in total. The number of ether oxygens (including phenoxy) is 2. The molecule has 0 spiro atoms. The summed E-state index contributed by atoms with van der Waals surface area (Å²) >= 11 is 0. The molecule has 36 heavy (non-hydrogen) atoms. The molecule has 2 atom stereocenters. The summed E-state index contributed by atoms with van der Waals surface area (Å²) in [7, 11) is -3.07. The molecule has 1 heterocycles. The highest BCUT2D eigenvalue weighted by Crippen LogP contribution is 2.28. The van der Waals surface area contributed by atoms with Gasteiger partial charge in [-0.1, -0.05) is 30.3 Å². The van der Waals surface area contributed by atoms with E-state index in [1.54, 1.807) is 6.07 Å². The Morgan fingerprint density at radius 2 is 1.67 bits per heavy atom. The van der Waals surface area contributed by atoms with Crippen LogP contribution in [0.5, 0.6) is 5.75 Å². The van der Waals surface area contributed by atoms with Crippen molar-refractivity contribution in [3.8, 4) is 5.75 Å². The third-order valence-electron chi connectivity index (χ3n) is 5.62. The Labute approximate surface area is 206 Å². The number of halogens is 2. The lowest BCUT2D eigenvalue weighted by atomic mass is 10.1. The zero-order valence-electron chi connectivity index (χ0n) is 19.1. The lowest BCUT2D eigenvalue weighted by Gasteiger charge is -2.22. The number of methoxy groups -OCH3 is 1. The van der Waals surface area contributed by atoms with E-state index in [4.69, 9.17) is 9.47 Å². The molecule has 188 valence electrons. The Balaban J connectivity index is 1.56. The maximum Gasteiger partial charge on any atom is 0.328 e. The van der Waals surface area contributed by atoms with Gasteiger partial charge in [0.15, 0.2) is 11.6 Å². The van der Waals surface area contributed by atoms with Crippen molar-refractivity contribution in [2.24, 2.45) is 0 Å². The van der Waals surface area contributed by atoms with Gasteiger partial charge in [-0.2, -0.15) is 0 Å². The van der Waals surface area contributed by atoms with Crippen LogP contribution in [0.4, 0.5) is 14.5 Å². The first-order valence-electron chi connectivity index (χ1n) is 10.9. The number of carbonyl (C=O) groups is 2. The number of rotatable bonds is 7. The highest BCUT2D eigenvalue weighted by atomic mass is 32.2. The number of carbonyl (C=O) groups excluding carboxylic acids is 2. The number of esters is 1. The zero-order chi connectivity index (χ0) is 25.9. The normalized spacial score (nSPS) is 17.5. The van der Waals surface area contributed by atoms with Crippen molar-refractivity contribution in [3.63, 3.8) is 0 Å². The fraction of sp³-hybridized carbons (Fsp3) is 0.200. The van der Waals surface area contributed by atoms with Crippen LogP contribution in [0.2, 0.25) is 0 Å². The Kier molecular flexibility index (Phi) is 7.20. The highest BCUT2D eigenvalue weighted by molar-refractivity contribution is 7.92. The van der Waals surface area contributed by atoms with Crippen molar-refractivity contribution in [3.05, 3.63) is 90.0 Å². The van der Waals surface area contributed by atoms with Gasteiger partial charge >= 0.3 is 5.97 Å². The van der Waals surface area contributed by atoms with E-state index in [1.807, 2.05) is 0 Å². The summed E-state index contributed by atoms with van der Waals surface area (Å²) in [5, 5.41) is 0. The van der Waals surface area contributed by atoms with Crippen LogP contribution in [-0.2, 0) is 19.6 Å². The minimum absolute atomic E-state index is 0.00929. The molecule has 2 unspecified atom stereocenters. The first-order valence-corrected chi connectivity index (χ1v) is 12.4. The first-order chi connectivity index (χ1) is 17.2. The molecule has 0 aromatic heterocycles. The number of anilines is 1. The van der Waals surface area contributed by atoms with E-state index in [0.717, 1.165) is 12.1 Å². The van der Waals surface area contributed by atoms with E-state index in [9.17, 15) is 26.8 Å². The maximum atomic E-state index is 14.0. The van der Waals surface area contributed by atoms with Gasteiger partial charge < -0.3 is 14.4 Å². The highest BCUT2D eigenvalue weighted by Gasteiger charge is 2.42. The summed E-state index contributed by atoms with van der Waals surface area (Å²) in [6.45, 7) is -0.0296. The summed E-state index contributed by atoms with van der Waals surface area (Å²) < 4.78 is 66.1. The monoisotopic (exact) mass is 516 g/mol. The number of hydrogen-bond acceptors (Lipinski definition) is 6. The molecular weight excluding hydrogens is 494 g/mol. The topological polar surface area (TPSA) is 102 Å². The number of nitrogens with zero attached hydrogens (tertiary/aromatic N) is 1. The van der Waals surface area contributed by atoms with Gasteiger partial charge in [0.1, 0.15) is 22.9 Å². The van der Waals surface area contributed by atoms with E-state index in [2.05, 4.69) is 4.72 Å². The van der Waals surface area contributed by atoms with Gasteiger partial charge in [0.2, 0.25) is 0 Å². The summed E-state index contributed by atoms with van der Waals surface area (Å²) in [5.74, 6) is -2.76. The second-order valence-corrected chi connectivity index (χ2v) is 9.67. The molecule has 3 aromatic carbocycles. The third-order valence-corrected chi connectivity index (χ3v) is 7.03. The van der Waals surface area contributed by atoms with Gasteiger partial charge in [-0.05, 0) is 42.5 Å². The van der Waals surface area contributed by atoms with Gasteiger partial charge in [0.05, 0.1) is 13.7 Å². The van der Waals surface area contributed by atoms with Gasteiger partial charge in [-0.3, -0.25) is 9.52 Å². The van der Waals surface area contributed by atoms with Crippen LogP contribution in [-0.4, -0.2) is 51.0 Å². The predicted octanol–water partition coefficient (Wildman–Crippen LogP) is 3.60. The molecule has 1 aliphatic heterocycles. The molecule has 4 rings (SSSR count). The van der Waals surface area contributed by atoms with Crippen LogP contribution in [0.1, 0.15) is 16.8 Å². The maximum absolute atomic E-state index is 14.0. The largest absolute Gasteiger partial charge is 0.485 e. The van der Waals surface area contributed by atoms with Gasteiger partial charge in [0, 0.05) is 17.7 Å². The molecular formula is C25H22F2N2O6S. The molecule has 0 radical (unpaired) electrons. The third kappa shape index (κ3) is 5.30. The average Bonchev–Trinajstić information content (AvgIpc) is 3.28. The van der Waals surface area contributed by atoms with E-state index in [0.29, 0.717) is 0 Å². The van der Waals surface area contributed by atoms with Crippen molar-refractivity contribution >= 4 is 27.6 Å². The minimum atomic E-state index is -4.26. The average molecular weight is 517 g/mol. The number of likely N-dealkylation sites (tertiary alicyclic amines) is 1. The lowest BCUT2D eigenvalue weighted by molar-refractivity contribution is -0.145. The Hall–Kier alpha value is -3.99. The van der Waals surface area contributed by atoms with E-state index < -0.39 is 50.6 Å². The standard InChI is InChI=1S/C25H22F2N2O6S/c1-34-25(31)21-14-18(35-22-11-4-2-9-19(22)26)15-29(21)24(30)16-7-6-8-17(13-16)28-36(32,33)23-12-5-3-10-20(23)27/h2-13,18,21,28H,14-15H2,1H3. The van der Waals surface area contributed by atoms with Crippen LogP contribution in [0, 0.1) is 11.6 Å². The smallest absolute Gasteiger partial charge is 0.328 e. The molecule has 1 aliphatic rings. The fourth-order valence-corrected chi connectivity index (χ4v) is 5.07. The minimum Gasteiger partial charge on any atom is -0.485 e. The van der Waals surface area contributed by atoms with Gasteiger partial charge in [-0.25, -0.2) is 22.0 Å². The second-order valence-electron chi connectivity index (χ2n) is 8.02. The Morgan fingerprint density at radius 3 is 2.36 bits per heavy atom. The molecule has 0 saturated carbocycles. The summed E-state index contributed by atoms with van der Waals surface area (Å²) in [4.78, 5) is 26.4. The fourth-order valence-electron chi connectivity index (χ4n) is 3.94. The summed E-state index contributed by atoms with van der Waals surface area (Å²) in [6.07, 6.45) is -0.607.